The molecule has 0 aliphatic carbocycles. The van der Waals surface area contributed by atoms with Gasteiger partial charge in [0.25, 0.3) is 0 Å². The number of nitrogens with zero attached hydrogens (tertiary/aromatic N) is 5. The van der Waals surface area contributed by atoms with Gasteiger partial charge in [0, 0.05) is 46.1 Å². The van der Waals surface area contributed by atoms with Gasteiger partial charge in [0.05, 0.1) is 6.10 Å². The fourth-order valence-electron chi connectivity index (χ4n) is 10.4. The van der Waals surface area contributed by atoms with Crippen molar-refractivity contribution in [1.29, 1.82) is 0 Å². The van der Waals surface area contributed by atoms with Crippen molar-refractivity contribution in [2.24, 2.45) is 83.2 Å². The Bertz CT molecular complexity index is 2920. The molecule has 11 atom stereocenters. The standard InChI is InChI=1S/C61H108N24O14/c1-33(2)46(76-35(4)87)55(96)84-47(34(3)86)56(97)85-31-13-20-45(85)54(95)83-44(32-36-21-23-37(88)24-22-36)53(94)81-42(18-11-29-74-60(68)69)51(92)77-38(14-5-7-25-62)48(89)79-41(17-10-28-73-59(66)67)50(91)80-40(16-9-27-72-58(64)65)49(90)78-39(15-6-8-26-63)52(93)82-43(57(98)99)19-12-30-75-61(70)71/h21-24,33-34,38-47,86,88H,5-20,25-32,62-63H2,1-4H3,(H,76,87)(H,77,92)(H,78,90)(H,79,89)(H,80,91)(H,81,94)(H,82,93)(H,83,95)(H,84,96)(H,98,99)(H4,64,65,72)(H4,66,67,73)(H4,68,69,74)(H4,70,71,75)/t34-,38+,39+,40+,41+,42+,43+,44+,45+,46+,47+/m1/s1. The van der Waals surface area contributed by atoms with E-state index in [0.717, 1.165) is 0 Å². The maximum absolute atomic E-state index is 14.8. The molecule has 0 radical (unpaired) electrons. The number of likely N-dealkylation sites (tertiary alicyclic amines) is 1. The van der Waals surface area contributed by atoms with Crippen molar-refractivity contribution in [2.75, 3.05) is 45.8 Å². The van der Waals surface area contributed by atoms with Crippen LogP contribution in [0.5, 0.6) is 5.75 Å². The minimum Gasteiger partial charge on any atom is -0.508 e. The molecule has 1 saturated heterocycles. The van der Waals surface area contributed by atoms with Crippen molar-refractivity contribution >= 4 is 88.9 Å². The number of carboxylic acids is 1. The van der Waals surface area contributed by atoms with E-state index in [1.165, 1.54) is 43.0 Å². The minimum atomic E-state index is -1.57. The Morgan fingerprint density at radius 2 is 0.828 bits per heavy atom. The van der Waals surface area contributed by atoms with Crippen molar-refractivity contribution in [3.8, 4) is 5.75 Å². The minimum absolute atomic E-state index is 0.00831. The molecule has 38 nitrogen and oxygen atoms in total. The van der Waals surface area contributed by atoms with Crippen LogP contribution in [-0.4, -0.2) is 221 Å². The van der Waals surface area contributed by atoms with E-state index in [9.17, 15) is 68.1 Å². The number of phenols is 1. The molecular formula is C61H108N24O14. The molecule has 99 heavy (non-hydrogen) atoms. The van der Waals surface area contributed by atoms with Crippen molar-refractivity contribution in [2.45, 2.75) is 203 Å². The number of carbonyl (C=O) groups is 11. The first-order chi connectivity index (χ1) is 46.8. The number of aliphatic carboxylic acids is 1. The first-order valence-corrected chi connectivity index (χ1v) is 33.1. The smallest absolute Gasteiger partial charge is 0.326 e. The lowest BCUT2D eigenvalue weighted by molar-refractivity contribution is -0.145. The van der Waals surface area contributed by atoms with E-state index in [2.05, 4.69) is 67.8 Å². The van der Waals surface area contributed by atoms with Gasteiger partial charge in [-0.2, -0.15) is 0 Å². The zero-order chi connectivity index (χ0) is 74.3. The predicted molar refractivity (Wildman–Crippen MR) is 369 cm³/mol. The number of aliphatic hydroxyl groups is 1. The normalized spacial score (nSPS) is 15.6. The summed E-state index contributed by atoms with van der Waals surface area (Å²) in [6.45, 7) is 6.20. The third-order valence-electron chi connectivity index (χ3n) is 15.7. The molecule has 10 amide bonds. The Labute approximate surface area is 575 Å². The number of carbonyl (C=O) groups excluding carboxylic acids is 10. The molecule has 32 N–H and O–H groups in total. The number of nitrogens with one attached hydrogen (secondary N) is 9. The van der Waals surface area contributed by atoms with Gasteiger partial charge in [-0.15, -0.1) is 0 Å². The lowest BCUT2D eigenvalue weighted by Crippen LogP contribution is -2.61. The summed E-state index contributed by atoms with van der Waals surface area (Å²) in [4.78, 5) is 171. The summed E-state index contributed by atoms with van der Waals surface area (Å²) in [7, 11) is 0. The lowest BCUT2D eigenvalue weighted by atomic mass is 10.0. The van der Waals surface area contributed by atoms with Crippen LogP contribution in [0.25, 0.3) is 0 Å². The average Bonchev–Trinajstić information content (AvgIpc) is 1.74. The van der Waals surface area contributed by atoms with Crippen LogP contribution < -0.4 is 105 Å². The number of phenolic OH excluding ortho intramolecular Hbond substituents is 1. The molecule has 38 heteroatoms. The molecular weight excluding hydrogens is 1290 g/mol. The number of guanidine groups is 4. The molecule has 0 spiro atoms. The number of aliphatic hydroxyl groups excluding tert-OH is 1. The van der Waals surface area contributed by atoms with Gasteiger partial charge in [0.15, 0.2) is 23.8 Å². The Hall–Kier alpha value is -9.85. The lowest BCUT2D eigenvalue weighted by Gasteiger charge is -2.32. The summed E-state index contributed by atoms with van der Waals surface area (Å²) in [6.07, 6.45) is -0.344. The maximum Gasteiger partial charge on any atom is 0.326 e. The third-order valence-corrected chi connectivity index (χ3v) is 15.7. The number of hydrogen-bond donors (Lipinski definition) is 22. The van der Waals surface area contributed by atoms with Gasteiger partial charge in [-0.3, -0.25) is 67.9 Å². The van der Waals surface area contributed by atoms with Gasteiger partial charge < -0.3 is 125 Å². The van der Waals surface area contributed by atoms with E-state index in [4.69, 9.17) is 57.3 Å². The number of benzene rings is 1. The molecule has 1 aromatic carbocycles. The Morgan fingerprint density at radius 1 is 0.475 bits per heavy atom. The van der Waals surface area contributed by atoms with Crippen molar-refractivity contribution < 1.29 is 68.1 Å². The SMILES string of the molecule is CC(=O)N[C@H](C(=O)N[C@H](C(=O)N1CCC[C@H]1C(=O)N[C@@H](Cc1ccc(O)cc1)C(=O)N[C@@H](CCCN=C(N)N)C(=O)N[C@@H](CCCCN)C(=O)N[C@@H](CCCN=C(N)N)C(=O)N[C@@H](CCCN=C(N)N)C(=O)N[C@@H](CCCCN)C(=O)N[C@@H](CCCN=C(N)N)C(=O)O)[C@@H](C)O)C(C)C. The van der Waals surface area contributed by atoms with Gasteiger partial charge in [-0.1, -0.05) is 26.0 Å². The fourth-order valence-corrected chi connectivity index (χ4v) is 10.4. The van der Waals surface area contributed by atoms with Crippen LogP contribution in [0, 0.1) is 5.92 Å². The highest BCUT2D eigenvalue weighted by molar-refractivity contribution is 5.99. The van der Waals surface area contributed by atoms with Gasteiger partial charge in [0.2, 0.25) is 59.1 Å². The second-order valence-corrected chi connectivity index (χ2v) is 24.3. The van der Waals surface area contributed by atoms with Crippen molar-refractivity contribution in [3.05, 3.63) is 29.8 Å². The molecule has 1 aliphatic heterocycles. The molecule has 556 valence electrons. The van der Waals surface area contributed by atoms with Crippen LogP contribution >= 0.6 is 0 Å². The summed E-state index contributed by atoms with van der Waals surface area (Å²) in [5, 5.41) is 54.6. The summed E-state index contributed by atoms with van der Waals surface area (Å²) < 4.78 is 0. The first kappa shape index (κ1) is 85.2. The van der Waals surface area contributed by atoms with Crippen LogP contribution in [0.3, 0.4) is 0 Å². The number of unbranched alkanes of at least 4 members (excludes halogenated alkanes) is 2. The third kappa shape index (κ3) is 33.3. The summed E-state index contributed by atoms with van der Waals surface area (Å²) >= 11 is 0. The quantitative estimate of drug-likeness (QED) is 0.0164. The molecule has 1 fully saturated rings. The number of aliphatic imine (C=N–C) groups is 4. The van der Waals surface area contributed by atoms with E-state index < -0.39 is 137 Å². The van der Waals surface area contributed by atoms with Crippen LogP contribution in [0.4, 0.5) is 0 Å². The van der Waals surface area contributed by atoms with Crippen LogP contribution in [0.1, 0.15) is 136 Å². The van der Waals surface area contributed by atoms with Gasteiger partial charge in [-0.25, -0.2) is 4.79 Å². The molecule has 1 heterocycles. The number of nitrogens with two attached hydrogens (primary N) is 10. The second-order valence-electron chi connectivity index (χ2n) is 24.3. The van der Waals surface area contributed by atoms with E-state index in [1.807, 2.05) is 0 Å². The number of rotatable bonds is 47. The van der Waals surface area contributed by atoms with Crippen LogP contribution in [-0.2, 0) is 59.2 Å². The predicted octanol–water partition coefficient (Wildman–Crippen LogP) is -7.10. The van der Waals surface area contributed by atoms with Crippen LogP contribution in [0.2, 0.25) is 0 Å². The molecule has 2 rings (SSSR count). The monoisotopic (exact) mass is 1400 g/mol. The highest BCUT2D eigenvalue weighted by Gasteiger charge is 2.42. The van der Waals surface area contributed by atoms with E-state index in [-0.39, 0.29) is 159 Å². The summed E-state index contributed by atoms with van der Waals surface area (Å²) in [5.41, 5.74) is 56.4. The maximum atomic E-state index is 14.8. The summed E-state index contributed by atoms with van der Waals surface area (Å²) in [6, 6.07) is -8.42. The topological polar surface area (TPSA) is 670 Å². The zero-order valence-corrected chi connectivity index (χ0v) is 57.1. The largest absolute Gasteiger partial charge is 0.508 e. The molecule has 0 unspecified atom stereocenters. The van der Waals surface area contributed by atoms with E-state index in [1.54, 1.807) is 13.8 Å². The molecule has 1 aliphatic rings. The number of aromatic hydroxyl groups is 1. The van der Waals surface area contributed by atoms with Gasteiger partial charge >= 0.3 is 5.97 Å². The van der Waals surface area contributed by atoms with Crippen molar-refractivity contribution in [3.63, 3.8) is 0 Å². The van der Waals surface area contributed by atoms with Gasteiger partial charge in [-0.05, 0) is 146 Å². The van der Waals surface area contributed by atoms with Crippen LogP contribution in [0.15, 0.2) is 44.2 Å². The highest BCUT2D eigenvalue weighted by atomic mass is 16.4. The Balaban J connectivity index is 2.67. The average molecular weight is 1400 g/mol. The van der Waals surface area contributed by atoms with Crippen molar-refractivity contribution in [1.82, 2.24) is 52.8 Å². The first-order valence-electron chi connectivity index (χ1n) is 33.1. The zero-order valence-electron chi connectivity index (χ0n) is 57.1. The molecule has 0 bridgehead atoms. The number of hydrogen-bond acceptors (Lipinski definition) is 19. The van der Waals surface area contributed by atoms with E-state index in [0.29, 0.717) is 31.2 Å². The molecule has 0 saturated carbocycles. The number of amides is 10. The molecule has 1 aromatic rings. The number of carboxylic acid groups (broad SMARTS) is 1. The fraction of sp³-hybridized carbons (Fsp3) is 0.656. The summed E-state index contributed by atoms with van der Waals surface area (Å²) in [5.74, 6) is -11.3. The van der Waals surface area contributed by atoms with E-state index >= 15 is 0 Å². The highest BCUT2D eigenvalue weighted by Crippen LogP contribution is 2.21. The second kappa shape index (κ2) is 45.6. The molecule has 0 aromatic heterocycles. The van der Waals surface area contributed by atoms with Gasteiger partial charge in [0.1, 0.15) is 66.2 Å². The Kier molecular flexibility index (Phi) is 39.3. The Morgan fingerprint density at radius 3 is 1.16 bits per heavy atom.